The van der Waals surface area contributed by atoms with Crippen LogP contribution in [0.25, 0.3) is 0 Å². The zero-order valence-electron chi connectivity index (χ0n) is 9.22. The van der Waals surface area contributed by atoms with Crippen LogP contribution in [0, 0.1) is 11.6 Å². The van der Waals surface area contributed by atoms with Gasteiger partial charge >= 0.3 is 0 Å². The molecule has 0 unspecified atom stereocenters. The number of imidazole rings is 1. The van der Waals surface area contributed by atoms with Crippen LogP contribution in [0.1, 0.15) is 11.4 Å². The van der Waals surface area contributed by atoms with E-state index in [0.717, 1.165) is 12.1 Å². The van der Waals surface area contributed by atoms with E-state index in [1.165, 1.54) is 12.3 Å². The van der Waals surface area contributed by atoms with Crippen LogP contribution in [0.5, 0.6) is 0 Å². The highest BCUT2D eigenvalue weighted by Gasteiger charge is 2.09. The Morgan fingerprint density at radius 1 is 1.39 bits per heavy atom. The summed E-state index contributed by atoms with van der Waals surface area (Å²) in [5, 5.41) is 11.4. The molecule has 0 bridgehead atoms. The first kappa shape index (κ1) is 12.0. The molecule has 5 nitrogen and oxygen atoms in total. The summed E-state index contributed by atoms with van der Waals surface area (Å²) in [6.45, 7) is 0.239. The van der Waals surface area contributed by atoms with Crippen LogP contribution < -0.4 is 5.73 Å². The van der Waals surface area contributed by atoms with Gasteiger partial charge in [0.25, 0.3) is 0 Å². The summed E-state index contributed by atoms with van der Waals surface area (Å²) in [5.41, 5.74) is 5.97. The number of hydrogen-bond acceptors (Lipinski definition) is 3. The molecule has 0 fully saturated rings. The minimum Gasteiger partial charge on any atom is -0.409 e. The Balaban J connectivity index is 2.29. The molecule has 3 N–H and O–H groups in total. The molecule has 0 aliphatic rings. The normalized spacial score (nSPS) is 11.8. The van der Waals surface area contributed by atoms with Crippen molar-refractivity contribution >= 4 is 5.84 Å². The number of oxime groups is 1. The van der Waals surface area contributed by atoms with E-state index in [9.17, 15) is 8.78 Å². The molecular formula is C11H10F2N4O. The van der Waals surface area contributed by atoms with E-state index in [4.69, 9.17) is 10.9 Å². The van der Waals surface area contributed by atoms with Crippen molar-refractivity contribution in [2.75, 3.05) is 0 Å². The number of amidine groups is 1. The number of rotatable bonds is 3. The molecule has 1 heterocycles. The Kier molecular flexibility index (Phi) is 3.22. The molecule has 7 heteroatoms. The van der Waals surface area contributed by atoms with Gasteiger partial charge in [0.15, 0.2) is 17.5 Å². The Hall–Kier alpha value is -2.44. The van der Waals surface area contributed by atoms with Gasteiger partial charge in [-0.25, -0.2) is 13.8 Å². The largest absolute Gasteiger partial charge is 0.409 e. The molecule has 1 aromatic heterocycles. The van der Waals surface area contributed by atoms with Crippen molar-refractivity contribution in [2.45, 2.75) is 6.54 Å². The van der Waals surface area contributed by atoms with Gasteiger partial charge in [-0.2, -0.15) is 0 Å². The molecule has 2 aromatic rings. The second-order valence-electron chi connectivity index (χ2n) is 3.61. The number of aromatic nitrogens is 2. The summed E-state index contributed by atoms with van der Waals surface area (Å²) in [6, 6.07) is 3.59. The predicted octanol–water partition coefficient (Wildman–Crippen LogP) is 1.30. The lowest BCUT2D eigenvalue weighted by Crippen LogP contribution is -2.19. The standard InChI is InChI=1S/C11H10F2N4O/c12-8-2-1-7(5-9(8)13)6-17-4-3-15-11(17)10(14)16-18/h1-5,18H,6H2,(H2,14,16). The van der Waals surface area contributed by atoms with Gasteiger partial charge in [0, 0.05) is 18.9 Å². The molecule has 0 aliphatic carbocycles. The zero-order chi connectivity index (χ0) is 13.1. The summed E-state index contributed by atoms with van der Waals surface area (Å²) >= 11 is 0. The fourth-order valence-corrected chi connectivity index (χ4v) is 1.55. The first-order chi connectivity index (χ1) is 8.61. The molecule has 1 aromatic carbocycles. The van der Waals surface area contributed by atoms with Gasteiger partial charge < -0.3 is 15.5 Å². The van der Waals surface area contributed by atoms with E-state index in [0.29, 0.717) is 5.56 Å². The lowest BCUT2D eigenvalue weighted by molar-refractivity contribution is 0.318. The second kappa shape index (κ2) is 4.82. The van der Waals surface area contributed by atoms with Crippen molar-refractivity contribution < 1.29 is 14.0 Å². The van der Waals surface area contributed by atoms with E-state index in [1.807, 2.05) is 0 Å². The molecule has 94 valence electrons. The van der Waals surface area contributed by atoms with E-state index >= 15 is 0 Å². The number of halogens is 2. The van der Waals surface area contributed by atoms with Crippen LogP contribution in [-0.4, -0.2) is 20.6 Å². The van der Waals surface area contributed by atoms with Crippen LogP contribution in [0.15, 0.2) is 35.7 Å². The first-order valence-corrected chi connectivity index (χ1v) is 5.05. The predicted molar refractivity (Wildman–Crippen MR) is 60.2 cm³/mol. The molecular weight excluding hydrogens is 242 g/mol. The van der Waals surface area contributed by atoms with Gasteiger partial charge in [-0.3, -0.25) is 0 Å². The maximum atomic E-state index is 13.0. The Morgan fingerprint density at radius 2 is 2.17 bits per heavy atom. The quantitative estimate of drug-likeness (QED) is 0.374. The molecule has 0 atom stereocenters. The highest BCUT2D eigenvalue weighted by molar-refractivity contribution is 5.93. The van der Waals surface area contributed by atoms with Gasteiger partial charge in [0.1, 0.15) is 0 Å². The topological polar surface area (TPSA) is 76.4 Å². The summed E-state index contributed by atoms with van der Waals surface area (Å²) in [4.78, 5) is 3.90. The van der Waals surface area contributed by atoms with Crippen molar-refractivity contribution in [2.24, 2.45) is 10.9 Å². The van der Waals surface area contributed by atoms with Crippen LogP contribution in [0.3, 0.4) is 0 Å². The average molecular weight is 252 g/mol. The van der Waals surface area contributed by atoms with Crippen LogP contribution >= 0.6 is 0 Å². The highest BCUT2D eigenvalue weighted by atomic mass is 19.2. The van der Waals surface area contributed by atoms with Crippen molar-refractivity contribution in [3.63, 3.8) is 0 Å². The van der Waals surface area contributed by atoms with Crippen molar-refractivity contribution in [1.82, 2.24) is 9.55 Å². The fraction of sp³-hybridized carbons (Fsp3) is 0.0909. The first-order valence-electron chi connectivity index (χ1n) is 5.05. The van der Waals surface area contributed by atoms with Gasteiger partial charge in [0.2, 0.25) is 5.84 Å². The molecule has 0 radical (unpaired) electrons. The molecule has 0 spiro atoms. The van der Waals surface area contributed by atoms with E-state index < -0.39 is 11.6 Å². The Bertz CT molecular complexity index is 594. The second-order valence-corrected chi connectivity index (χ2v) is 3.61. The summed E-state index contributed by atoms with van der Waals surface area (Å²) in [7, 11) is 0. The Morgan fingerprint density at radius 3 is 2.83 bits per heavy atom. The summed E-state index contributed by atoms with van der Waals surface area (Å²) in [6.07, 6.45) is 3.06. The smallest absolute Gasteiger partial charge is 0.206 e. The summed E-state index contributed by atoms with van der Waals surface area (Å²) < 4.78 is 27.4. The maximum Gasteiger partial charge on any atom is 0.206 e. The minimum atomic E-state index is -0.919. The summed E-state index contributed by atoms with van der Waals surface area (Å²) in [5.74, 6) is -1.72. The molecule has 0 saturated heterocycles. The number of nitrogens with zero attached hydrogens (tertiary/aromatic N) is 3. The van der Waals surface area contributed by atoms with Crippen LogP contribution in [-0.2, 0) is 6.54 Å². The zero-order valence-corrected chi connectivity index (χ0v) is 9.22. The average Bonchev–Trinajstić information content (AvgIpc) is 2.81. The van der Waals surface area contributed by atoms with E-state index in [2.05, 4.69) is 10.1 Å². The van der Waals surface area contributed by atoms with Crippen LogP contribution in [0.4, 0.5) is 8.78 Å². The maximum absolute atomic E-state index is 13.0. The Labute approximate surface area is 101 Å². The van der Waals surface area contributed by atoms with Gasteiger partial charge in [0.05, 0.1) is 0 Å². The number of benzene rings is 1. The highest BCUT2D eigenvalue weighted by Crippen LogP contribution is 2.11. The van der Waals surface area contributed by atoms with Crippen molar-refractivity contribution in [1.29, 1.82) is 0 Å². The SMILES string of the molecule is N/C(=N/O)c1nccn1Cc1ccc(F)c(F)c1. The van der Waals surface area contributed by atoms with Gasteiger partial charge in [-0.1, -0.05) is 11.2 Å². The van der Waals surface area contributed by atoms with Gasteiger partial charge in [-0.15, -0.1) is 0 Å². The van der Waals surface area contributed by atoms with Crippen LogP contribution in [0.2, 0.25) is 0 Å². The molecule has 0 aliphatic heterocycles. The van der Waals surface area contributed by atoms with Gasteiger partial charge in [-0.05, 0) is 17.7 Å². The lowest BCUT2D eigenvalue weighted by Gasteiger charge is -2.07. The minimum absolute atomic E-state index is 0.150. The molecule has 18 heavy (non-hydrogen) atoms. The number of nitrogens with two attached hydrogens (primary N) is 1. The third-order valence-corrected chi connectivity index (χ3v) is 2.39. The van der Waals surface area contributed by atoms with E-state index in [-0.39, 0.29) is 18.2 Å². The monoisotopic (exact) mass is 252 g/mol. The lowest BCUT2D eigenvalue weighted by atomic mass is 10.2. The third-order valence-electron chi connectivity index (χ3n) is 2.39. The number of hydrogen-bond donors (Lipinski definition) is 2. The molecule has 0 amide bonds. The van der Waals surface area contributed by atoms with Crippen molar-refractivity contribution in [3.8, 4) is 0 Å². The van der Waals surface area contributed by atoms with Crippen molar-refractivity contribution in [3.05, 3.63) is 53.6 Å². The third kappa shape index (κ3) is 2.29. The fourth-order valence-electron chi connectivity index (χ4n) is 1.55. The molecule has 0 saturated carbocycles. The van der Waals surface area contributed by atoms with E-state index in [1.54, 1.807) is 10.8 Å². The molecule has 2 rings (SSSR count).